The first-order valence-corrected chi connectivity index (χ1v) is 9.62. The number of carbonyl (C=O) groups excluding carboxylic acids is 1. The maximum Gasteiger partial charge on any atom is 0.315 e. The Kier molecular flexibility index (Phi) is 12.8. The molecule has 150 valence electrons. The molecule has 0 bridgehead atoms. The van der Waals surface area contributed by atoms with Gasteiger partial charge in [0.1, 0.15) is 5.76 Å². The van der Waals surface area contributed by atoms with Crippen molar-refractivity contribution in [3.8, 4) is 0 Å². The summed E-state index contributed by atoms with van der Waals surface area (Å²) < 4.78 is 5.63. The largest absolute Gasteiger partial charge is 0.427 e. The molecule has 3 unspecified atom stereocenters. The minimum Gasteiger partial charge on any atom is -0.427 e. The van der Waals surface area contributed by atoms with Crippen LogP contribution in [-0.4, -0.2) is 12.0 Å². The van der Waals surface area contributed by atoms with Crippen molar-refractivity contribution in [3.63, 3.8) is 0 Å². The van der Waals surface area contributed by atoms with Crippen LogP contribution < -0.4 is 0 Å². The minimum absolute atomic E-state index is 0.0837. The predicted molar refractivity (Wildman–Crippen MR) is 114 cm³/mol. The summed E-state index contributed by atoms with van der Waals surface area (Å²) in [6, 6.07) is -0.469. The van der Waals surface area contributed by atoms with E-state index in [2.05, 4.69) is 25.6 Å². The molecule has 0 rings (SSSR count). The van der Waals surface area contributed by atoms with Gasteiger partial charge in [0.2, 0.25) is 0 Å². The molecule has 0 aliphatic carbocycles. The second kappa shape index (κ2) is 13.9. The van der Waals surface area contributed by atoms with Gasteiger partial charge in [-0.3, -0.25) is 4.79 Å². The van der Waals surface area contributed by atoms with Gasteiger partial charge in [-0.05, 0) is 70.1 Å². The van der Waals surface area contributed by atoms with Crippen molar-refractivity contribution in [2.24, 2.45) is 22.9 Å². The number of esters is 1. The molecule has 3 atom stereocenters. The molecule has 0 aromatic heterocycles. The second-order valence-electron chi connectivity index (χ2n) is 7.05. The maximum absolute atomic E-state index is 13.1. The van der Waals surface area contributed by atoms with Gasteiger partial charge in [-0.15, -0.1) is 0 Å². The summed E-state index contributed by atoms with van der Waals surface area (Å²) in [4.78, 5) is 24.1. The highest BCUT2D eigenvalue weighted by atomic mass is 16.5. The smallest absolute Gasteiger partial charge is 0.315 e. The van der Waals surface area contributed by atoms with Crippen molar-refractivity contribution in [1.29, 1.82) is 0 Å². The normalized spacial score (nSPS) is 16.6. The summed E-state index contributed by atoms with van der Waals surface area (Å²) >= 11 is 0. The van der Waals surface area contributed by atoms with Crippen LogP contribution in [0.2, 0.25) is 0 Å². The van der Waals surface area contributed by atoms with E-state index in [0.717, 1.165) is 12.0 Å². The van der Waals surface area contributed by atoms with Crippen molar-refractivity contribution in [3.05, 3.63) is 65.4 Å². The summed E-state index contributed by atoms with van der Waals surface area (Å²) in [6.45, 7) is 15.4. The molecule has 4 nitrogen and oxygen atoms in total. The van der Waals surface area contributed by atoms with Crippen LogP contribution in [-0.2, 0) is 9.53 Å². The number of carbonyl (C=O) groups is 1. The van der Waals surface area contributed by atoms with Crippen molar-refractivity contribution in [2.75, 3.05) is 0 Å². The molecule has 0 heterocycles. The SMILES string of the molecule is C=C/C=C(\C=C/C)C(CC(C)C)C(CC(C)N=O)C(=O)OC(/C=C\C)=C/C. The number of ether oxygens (including phenoxy) is 1. The van der Waals surface area contributed by atoms with Gasteiger partial charge in [-0.2, -0.15) is 4.91 Å². The van der Waals surface area contributed by atoms with Gasteiger partial charge in [0.05, 0.1) is 12.0 Å². The van der Waals surface area contributed by atoms with E-state index in [1.165, 1.54) is 0 Å². The van der Waals surface area contributed by atoms with E-state index >= 15 is 0 Å². The molecule has 0 aromatic carbocycles. The molecule has 0 amide bonds. The summed E-state index contributed by atoms with van der Waals surface area (Å²) in [7, 11) is 0. The van der Waals surface area contributed by atoms with Crippen molar-refractivity contribution >= 4 is 5.97 Å². The van der Waals surface area contributed by atoms with Gasteiger partial charge in [-0.25, -0.2) is 0 Å². The summed E-state index contributed by atoms with van der Waals surface area (Å²) in [5.74, 6) is -0.00748. The van der Waals surface area contributed by atoms with Crippen LogP contribution in [0.5, 0.6) is 0 Å². The Morgan fingerprint density at radius 3 is 2.11 bits per heavy atom. The lowest BCUT2D eigenvalue weighted by Gasteiger charge is -2.29. The molecular weight excluding hydrogens is 338 g/mol. The average molecular weight is 374 g/mol. The Morgan fingerprint density at radius 1 is 1.04 bits per heavy atom. The Morgan fingerprint density at radius 2 is 1.67 bits per heavy atom. The number of nitrogens with zero attached hydrogens (tertiary/aromatic N) is 1. The number of nitroso groups, excluding NO2 is 1. The molecule has 0 saturated heterocycles. The maximum atomic E-state index is 13.1. The topological polar surface area (TPSA) is 55.7 Å². The quantitative estimate of drug-likeness (QED) is 0.169. The molecule has 0 fully saturated rings. The van der Waals surface area contributed by atoms with Crippen LogP contribution in [0.1, 0.15) is 54.4 Å². The fourth-order valence-corrected chi connectivity index (χ4v) is 3.05. The Balaban J connectivity index is 6.04. The fourth-order valence-electron chi connectivity index (χ4n) is 3.05. The first-order valence-electron chi connectivity index (χ1n) is 9.62. The predicted octanol–water partition coefficient (Wildman–Crippen LogP) is 6.52. The van der Waals surface area contributed by atoms with E-state index in [9.17, 15) is 9.70 Å². The van der Waals surface area contributed by atoms with Crippen LogP contribution in [0.25, 0.3) is 0 Å². The van der Waals surface area contributed by atoms with E-state index < -0.39 is 12.0 Å². The zero-order chi connectivity index (χ0) is 20.8. The Bertz CT molecular complexity index is 597. The van der Waals surface area contributed by atoms with Crippen LogP contribution in [0.3, 0.4) is 0 Å². The van der Waals surface area contributed by atoms with Gasteiger partial charge in [-0.1, -0.05) is 56.0 Å². The molecule has 0 radical (unpaired) electrons. The third kappa shape index (κ3) is 9.32. The molecule has 0 aromatic rings. The van der Waals surface area contributed by atoms with Crippen LogP contribution in [0.4, 0.5) is 0 Å². The molecule has 0 N–H and O–H groups in total. The number of hydrogen-bond acceptors (Lipinski definition) is 4. The van der Waals surface area contributed by atoms with Crippen LogP contribution >= 0.6 is 0 Å². The third-order valence-corrected chi connectivity index (χ3v) is 4.22. The van der Waals surface area contributed by atoms with E-state index in [0.29, 0.717) is 18.1 Å². The molecule has 0 spiro atoms. The number of hydrogen-bond donors (Lipinski definition) is 0. The van der Waals surface area contributed by atoms with E-state index in [1.807, 2.05) is 45.1 Å². The van der Waals surface area contributed by atoms with Gasteiger partial charge in [0.15, 0.2) is 0 Å². The lowest BCUT2D eigenvalue weighted by Crippen LogP contribution is -2.30. The highest BCUT2D eigenvalue weighted by Crippen LogP contribution is 2.34. The standard InChI is InChI=1S/C23H35NO3/c1-8-12-19(13-9-2)21(15-17(5)6)22(16-18(7)24-26)23(25)27-20(11-4)14-10-3/h8-14,17-18,21-22H,1,15-16H2,2-7H3/b13-9-,14-10-,19-12+,20-11+. The van der Waals surface area contributed by atoms with Crippen LogP contribution in [0, 0.1) is 22.7 Å². The second-order valence-corrected chi connectivity index (χ2v) is 7.05. The minimum atomic E-state index is -0.470. The molecule has 0 aliphatic rings. The molecule has 27 heavy (non-hydrogen) atoms. The highest BCUT2D eigenvalue weighted by Gasteiger charge is 2.34. The molecule has 0 saturated carbocycles. The van der Waals surface area contributed by atoms with Crippen molar-refractivity contribution in [1.82, 2.24) is 0 Å². The van der Waals surface area contributed by atoms with Gasteiger partial charge in [0.25, 0.3) is 0 Å². The monoisotopic (exact) mass is 373 g/mol. The summed E-state index contributed by atoms with van der Waals surface area (Å²) in [5.41, 5.74) is 1.01. The highest BCUT2D eigenvalue weighted by molar-refractivity contribution is 5.75. The first kappa shape index (κ1) is 24.8. The first-order chi connectivity index (χ1) is 12.8. The Hall–Kier alpha value is -2.23. The zero-order valence-corrected chi connectivity index (χ0v) is 17.6. The summed E-state index contributed by atoms with van der Waals surface area (Å²) in [5, 5.41) is 3.12. The van der Waals surface area contributed by atoms with Gasteiger partial charge < -0.3 is 4.74 Å². The van der Waals surface area contributed by atoms with E-state index in [4.69, 9.17) is 4.74 Å². The van der Waals surface area contributed by atoms with E-state index in [1.54, 1.807) is 25.2 Å². The van der Waals surface area contributed by atoms with Gasteiger partial charge >= 0.3 is 5.97 Å². The lowest BCUT2D eigenvalue weighted by atomic mass is 9.77. The van der Waals surface area contributed by atoms with Crippen LogP contribution in [0.15, 0.2) is 65.6 Å². The fraction of sp³-hybridized carbons (Fsp3) is 0.522. The lowest BCUT2D eigenvalue weighted by molar-refractivity contribution is -0.145. The third-order valence-electron chi connectivity index (χ3n) is 4.22. The van der Waals surface area contributed by atoms with E-state index in [-0.39, 0.29) is 11.9 Å². The summed E-state index contributed by atoms with van der Waals surface area (Å²) in [6.07, 6.45) is 14.1. The Labute approximate surface area is 164 Å². The zero-order valence-electron chi connectivity index (χ0n) is 17.6. The van der Waals surface area contributed by atoms with Gasteiger partial charge in [0, 0.05) is 0 Å². The number of allylic oxidation sites excluding steroid dienone is 8. The average Bonchev–Trinajstić information content (AvgIpc) is 2.63. The molecular formula is C23H35NO3. The number of rotatable bonds is 12. The molecule has 4 heteroatoms. The molecule has 0 aliphatic heterocycles. The van der Waals surface area contributed by atoms with Crippen molar-refractivity contribution in [2.45, 2.75) is 60.4 Å². The van der Waals surface area contributed by atoms with Crippen molar-refractivity contribution < 1.29 is 9.53 Å².